The molecule has 0 radical (unpaired) electrons. The fraction of sp³-hybridized carbons (Fsp3) is 0.480. The van der Waals surface area contributed by atoms with Gasteiger partial charge < -0.3 is 20.6 Å². The third-order valence-corrected chi connectivity index (χ3v) is 6.97. The Kier molecular flexibility index (Phi) is 6.13. The molecule has 35 heavy (non-hydrogen) atoms. The van der Waals surface area contributed by atoms with Gasteiger partial charge in [-0.25, -0.2) is 4.98 Å². The largest absolute Gasteiger partial charge is 0.390 e. The summed E-state index contributed by atoms with van der Waals surface area (Å²) in [7, 11) is 1.92. The molecule has 1 saturated heterocycles. The predicted octanol–water partition coefficient (Wildman–Crippen LogP) is 1.36. The van der Waals surface area contributed by atoms with Crippen LogP contribution in [0.1, 0.15) is 48.2 Å². The molecule has 3 fully saturated rings. The Morgan fingerprint density at radius 2 is 2.11 bits per heavy atom. The maximum atomic E-state index is 13.3. The number of likely N-dealkylation sites (N-methyl/N-ethyl adjacent to an activating group) is 1. The molecule has 2 aromatic heterocycles. The van der Waals surface area contributed by atoms with E-state index < -0.39 is 5.41 Å². The second-order valence-corrected chi connectivity index (χ2v) is 9.70. The van der Waals surface area contributed by atoms with Crippen LogP contribution in [-0.2, 0) is 28.2 Å². The maximum absolute atomic E-state index is 13.3. The van der Waals surface area contributed by atoms with Crippen LogP contribution in [0.15, 0.2) is 24.4 Å². The highest BCUT2D eigenvalue weighted by Gasteiger charge is 2.53. The van der Waals surface area contributed by atoms with Crippen LogP contribution in [0.2, 0.25) is 0 Å². The van der Waals surface area contributed by atoms with Gasteiger partial charge >= 0.3 is 0 Å². The van der Waals surface area contributed by atoms with Gasteiger partial charge in [0.2, 0.25) is 11.8 Å². The monoisotopic (exact) mass is 475 g/mol. The number of nitriles is 1. The molecule has 182 valence electrons. The number of hydrogen-bond donors (Lipinski definition) is 3. The number of amides is 2. The van der Waals surface area contributed by atoms with Crippen molar-refractivity contribution in [2.24, 2.45) is 0 Å². The van der Waals surface area contributed by atoms with Gasteiger partial charge in [0, 0.05) is 37.9 Å². The number of carbonyl (C=O) groups excluding carboxylic acids is 2. The van der Waals surface area contributed by atoms with E-state index in [-0.39, 0.29) is 18.4 Å². The van der Waals surface area contributed by atoms with E-state index in [9.17, 15) is 20.0 Å². The summed E-state index contributed by atoms with van der Waals surface area (Å²) in [5, 5.41) is 25.5. The number of nitrogens with zero attached hydrogens (tertiary/aromatic N) is 5. The molecule has 5 rings (SSSR count). The smallest absolute Gasteiger partial charge is 0.237 e. The van der Waals surface area contributed by atoms with Gasteiger partial charge in [0.25, 0.3) is 0 Å². The molecule has 0 bridgehead atoms. The number of anilines is 2. The maximum Gasteiger partial charge on any atom is 0.237 e. The summed E-state index contributed by atoms with van der Waals surface area (Å²) in [6.45, 7) is 1.93. The summed E-state index contributed by atoms with van der Waals surface area (Å²) in [6, 6.07) is 7.89. The van der Waals surface area contributed by atoms with Gasteiger partial charge in [-0.1, -0.05) is 6.07 Å². The van der Waals surface area contributed by atoms with Gasteiger partial charge in [-0.15, -0.1) is 0 Å². The first-order chi connectivity index (χ1) is 16.9. The van der Waals surface area contributed by atoms with Gasteiger partial charge in [0.05, 0.1) is 41.2 Å². The van der Waals surface area contributed by atoms with Crippen LogP contribution in [0, 0.1) is 11.3 Å². The Balaban J connectivity index is 1.32. The number of aromatic nitrogens is 2. The van der Waals surface area contributed by atoms with E-state index in [1.165, 1.54) is 6.20 Å². The first-order valence-electron chi connectivity index (χ1n) is 12.0. The van der Waals surface area contributed by atoms with E-state index >= 15 is 0 Å². The van der Waals surface area contributed by atoms with Crippen LogP contribution in [0.25, 0.3) is 0 Å². The molecule has 2 aromatic rings. The third kappa shape index (κ3) is 4.83. The molecule has 10 nitrogen and oxygen atoms in total. The predicted molar refractivity (Wildman–Crippen MR) is 128 cm³/mol. The zero-order valence-corrected chi connectivity index (χ0v) is 19.8. The van der Waals surface area contributed by atoms with Crippen molar-refractivity contribution < 1.29 is 14.7 Å². The van der Waals surface area contributed by atoms with Crippen molar-refractivity contribution in [1.29, 1.82) is 5.26 Å². The summed E-state index contributed by atoms with van der Waals surface area (Å²) < 4.78 is 0. The number of piperazine rings is 1. The first-order valence-corrected chi connectivity index (χ1v) is 12.0. The van der Waals surface area contributed by atoms with E-state index in [4.69, 9.17) is 0 Å². The van der Waals surface area contributed by atoms with Gasteiger partial charge in [-0.3, -0.25) is 19.5 Å². The highest BCUT2D eigenvalue weighted by molar-refractivity contribution is 6.00. The van der Waals surface area contributed by atoms with E-state index in [0.717, 1.165) is 24.9 Å². The molecule has 0 atom stereocenters. The lowest BCUT2D eigenvalue weighted by Crippen LogP contribution is -2.48. The van der Waals surface area contributed by atoms with E-state index in [2.05, 4.69) is 26.7 Å². The number of nitrogens with one attached hydrogen (secondary N) is 2. The van der Waals surface area contributed by atoms with Crippen LogP contribution in [0.3, 0.4) is 0 Å². The molecule has 10 heteroatoms. The van der Waals surface area contributed by atoms with Crippen LogP contribution < -0.4 is 10.6 Å². The summed E-state index contributed by atoms with van der Waals surface area (Å²) in [5.41, 5.74) is 2.23. The molecule has 2 aliphatic carbocycles. The van der Waals surface area contributed by atoms with Gasteiger partial charge in [0.1, 0.15) is 11.9 Å². The SMILES string of the molecule is CN1CCN(Cc2ccc(C3(C(=O)Nc4cc(NC5CC5)c(C#N)cn4)CC3)nc2CO)C(=O)C1. The van der Waals surface area contributed by atoms with Crippen LogP contribution in [0.5, 0.6) is 0 Å². The second-order valence-electron chi connectivity index (χ2n) is 9.70. The Morgan fingerprint density at radius 3 is 2.77 bits per heavy atom. The summed E-state index contributed by atoms with van der Waals surface area (Å²) in [6.07, 6.45) is 4.90. The molecule has 3 N–H and O–H groups in total. The quantitative estimate of drug-likeness (QED) is 0.521. The van der Waals surface area contributed by atoms with Crippen molar-refractivity contribution in [2.75, 3.05) is 37.3 Å². The fourth-order valence-electron chi connectivity index (χ4n) is 4.42. The Hall–Kier alpha value is -3.55. The summed E-state index contributed by atoms with van der Waals surface area (Å²) in [5.74, 6) is 0.233. The van der Waals surface area contributed by atoms with E-state index in [0.29, 0.717) is 67.0 Å². The Bertz CT molecular complexity index is 1200. The highest BCUT2D eigenvalue weighted by Crippen LogP contribution is 2.48. The van der Waals surface area contributed by atoms with Crippen LogP contribution >= 0.6 is 0 Å². The van der Waals surface area contributed by atoms with Gasteiger partial charge in [0.15, 0.2) is 0 Å². The van der Waals surface area contributed by atoms with E-state index in [1.54, 1.807) is 11.0 Å². The number of pyridine rings is 2. The van der Waals surface area contributed by atoms with Crippen LogP contribution in [-0.4, -0.2) is 69.4 Å². The topological polar surface area (TPSA) is 134 Å². The number of aliphatic hydroxyl groups excluding tert-OH is 1. The lowest BCUT2D eigenvalue weighted by atomic mass is 9.98. The number of hydrogen-bond acceptors (Lipinski definition) is 8. The molecular weight excluding hydrogens is 446 g/mol. The standard InChI is InChI=1S/C25H29N7O3/c1-31-8-9-32(23(34)14-31)13-16-2-5-21(29-20(16)15-33)25(6-7-25)24(35)30-22-10-19(28-18-3-4-18)17(11-26)12-27-22/h2,5,10,12,18,33H,3-4,6-9,13-15H2,1H3,(H2,27,28,30,35). The zero-order valence-electron chi connectivity index (χ0n) is 19.8. The minimum atomic E-state index is -0.772. The fourth-order valence-corrected chi connectivity index (χ4v) is 4.42. The molecule has 3 aliphatic rings. The first kappa shape index (κ1) is 23.2. The third-order valence-electron chi connectivity index (χ3n) is 6.97. The average Bonchev–Trinajstić information content (AvgIpc) is 3.77. The summed E-state index contributed by atoms with van der Waals surface area (Å²) in [4.78, 5) is 38.3. The molecular formula is C25H29N7O3. The molecule has 1 aliphatic heterocycles. The number of aliphatic hydroxyl groups is 1. The van der Waals surface area contributed by atoms with Crippen molar-refractivity contribution in [1.82, 2.24) is 19.8 Å². The number of rotatable bonds is 8. The molecule has 2 saturated carbocycles. The Labute approximate surface area is 204 Å². The van der Waals surface area contributed by atoms with Gasteiger partial charge in [-0.2, -0.15) is 5.26 Å². The normalized spacial score (nSPS) is 19.2. The number of carbonyl (C=O) groups is 2. The minimum absolute atomic E-state index is 0.0511. The lowest BCUT2D eigenvalue weighted by molar-refractivity contribution is -0.136. The molecule has 0 unspecified atom stereocenters. The van der Waals surface area contributed by atoms with Crippen molar-refractivity contribution in [3.8, 4) is 6.07 Å². The second kappa shape index (κ2) is 9.24. The van der Waals surface area contributed by atoms with Crippen molar-refractivity contribution >= 4 is 23.3 Å². The minimum Gasteiger partial charge on any atom is -0.390 e. The van der Waals surface area contributed by atoms with Gasteiger partial charge in [-0.05, 0) is 44.4 Å². The van der Waals surface area contributed by atoms with Crippen LogP contribution in [0.4, 0.5) is 11.5 Å². The highest BCUT2D eigenvalue weighted by atomic mass is 16.3. The van der Waals surface area contributed by atoms with Crippen molar-refractivity contribution in [3.05, 3.63) is 46.9 Å². The molecule has 2 amide bonds. The zero-order chi connectivity index (χ0) is 24.6. The Morgan fingerprint density at radius 1 is 1.31 bits per heavy atom. The molecule has 3 heterocycles. The van der Waals surface area contributed by atoms with Crippen molar-refractivity contribution in [2.45, 2.75) is 50.3 Å². The average molecular weight is 476 g/mol. The summed E-state index contributed by atoms with van der Waals surface area (Å²) >= 11 is 0. The lowest BCUT2D eigenvalue weighted by Gasteiger charge is -2.32. The van der Waals surface area contributed by atoms with E-state index in [1.807, 2.05) is 24.1 Å². The molecule has 0 aromatic carbocycles. The molecule has 0 spiro atoms. The van der Waals surface area contributed by atoms with Crippen molar-refractivity contribution in [3.63, 3.8) is 0 Å².